The summed E-state index contributed by atoms with van der Waals surface area (Å²) in [5.74, 6) is -2.54. The van der Waals surface area contributed by atoms with E-state index in [-0.39, 0.29) is 35.5 Å². The number of nitrogens with one attached hydrogen (secondary N) is 1. The van der Waals surface area contributed by atoms with Crippen LogP contribution in [0.25, 0.3) is 22.0 Å². The number of esters is 1. The highest BCUT2D eigenvalue weighted by Crippen LogP contribution is 2.36. The predicted molar refractivity (Wildman–Crippen MR) is 118 cm³/mol. The number of nitrogens with zero attached hydrogens (tertiary/aromatic N) is 1. The molecule has 1 saturated heterocycles. The van der Waals surface area contributed by atoms with Gasteiger partial charge in [-0.05, 0) is 35.7 Å². The fourth-order valence-corrected chi connectivity index (χ4v) is 3.70. The van der Waals surface area contributed by atoms with E-state index < -0.39 is 41.4 Å². The summed E-state index contributed by atoms with van der Waals surface area (Å²) in [6, 6.07) is 10.7. The van der Waals surface area contributed by atoms with Crippen LogP contribution in [0.15, 0.2) is 65.5 Å². The topological polar surface area (TPSA) is 129 Å². The summed E-state index contributed by atoms with van der Waals surface area (Å²) in [5.41, 5.74) is -1.45. The number of aromatic nitrogens is 1. The molecule has 1 fully saturated rings. The van der Waals surface area contributed by atoms with Gasteiger partial charge >= 0.3 is 18.2 Å². The van der Waals surface area contributed by atoms with Crippen molar-refractivity contribution in [2.75, 3.05) is 18.1 Å². The van der Waals surface area contributed by atoms with Gasteiger partial charge in [0.05, 0.1) is 18.1 Å². The Bertz CT molecular complexity index is 1450. The number of cyclic esters (lactones) is 1. The Labute approximate surface area is 200 Å². The average Bonchev–Trinajstić information content (AvgIpc) is 3.21. The van der Waals surface area contributed by atoms with E-state index in [9.17, 15) is 37.5 Å². The van der Waals surface area contributed by atoms with Crippen molar-refractivity contribution >= 4 is 34.5 Å². The van der Waals surface area contributed by atoms with Gasteiger partial charge in [0.2, 0.25) is 0 Å². The second kappa shape index (κ2) is 9.56. The molecule has 1 aliphatic rings. The van der Waals surface area contributed by atoms with Crippen molar-refractivity contribution in [3.05, 3.63) is 76.6 Å². The van der Waals surface area contributed by atoms with Gasteiger partial charge in [-0.25, -0.2) is 9.59 Å². The molecule has 0 spiro atoms. The van der Waals surface area contributed by atoms with E-state index in [0.29, 0.717) is 17.5 Å². The van der Waals surface area contributed by atoms with E-state index in [0.717, 1.165) is 6.07 Å². The van der Waals surface area contributed by atoms with Crippen LogP contribution in [0.1, 0.15) is 5.56 Å². The molecule has 0 unspecified atom stereocenters. The number of hydrogen-bond donors (Lipinski definition) is 1. The Morgan fingerprint density at radius 2 is 1.89 bits per heavy atom. The van der Waals surface area contributed by atoms with Crippen molar-refractivity contribution in [2.45, 2.75) is 12.3 Å². The Morgan fingerprint density at radius 3 is 2.61 bits per heavy atom. The van der Waals surface area contributed by atoms with Crippen LogP contribution in [0.2, 0.25) is 0 Å². The number of carbonyl (C=O) groups excluding carboxylic acids is 3. The fourth-order valence-electron chi connectivity index (χ4n) is 3.70. The van der Waals surface area contributed by atoms with Gasteiger partial charge in [-0.2, -0.15) is 13.2 Å². The number of halogens is 3. The zero-order valence-corrected chi connectivity index (χ0v) is 18.2. The monoisotopic (exact) mass is 501 g/mol. The lowest BCUT2D eigenvalue weighted by molar-refractivity contribution is -0.297. The molecule has 2 heterocycles. The summed E-state index contributed by atoms with van der Waals surface area (Å²) >= 11 is 0. The van der Waals surface area contributed by atoms with Crippen LogP contribution in [0, 0.1) is 0 Å². The van der Waals surface area contributed by atoms with Gasteiger partial charge in [-0.15, -0.1) is 0 Å². The van der Waals surface area contributed by atoms with Crippen LogP contribution in [-0.4, -0.2) is 42.3 Å². The van der Waals surface area contributed by atoms with Gasteiger partial charge in [0.15, 0.2) is 6.10 Å². The average molecular weight is 501 g/mol. The number of carboxylic acid groups (broad SMARTS) is 1. The number of anilines is 1. The van der Waals surface area contributed by atoms with Crippen molar-refractivity contribution in [1.82, 2.24) is 4.98 Å². The third-order valence-corrected chi connectivity index (χ3v) is 5.30. The highest BCUT2D eigenvalue weighted by Gasteiger charge is 2.34. The van der Waals surface area contributed by atoms with Crippen LogP contribution in [0.3, 0.4) is 0 Å². The van der Waals surface area contributed by atoms with Gasteiger partial charge in [0, 0.05) is 28.4 Å². The normalized spacial score (nSPS) is 15.9. The summed E-state index contributed by atoms with van der Waals surface area (Å²) in [5, 5.41) is 10.8. The van der Waals surface area contributed by atoms with Gasteiger partial charge < -0.3 is 24.4 Å². The number of benzene rings is 2. The van der Waals surface area contributed by atoms with E-state index in [1.165, 1.54) is 47.4 Å². The molecule has 3 aromatic rings. The SMILES string of the molecule is O=C([O-])/C=C\C(=O)OC[C@H]1CN(c2ccc3cc(-c4ccccc4C(F)(F)F)[nH]c(=O)c3c2)C(=O)O1. The Morgan fingerprint density at radius 1 is 1.14 bits per heavy atom. The first-order valence-corrected chi connectivity index (χ1v) is 10.4. The van der Waals surface area contributed by atoms with Crippen LogP contribution in [0.4, 0.5) is 23.7 Å². The highest BCUT2D eigenvalue weighted by molar-refractivity contribution is 5.95. The first-order chi connectivity index (χ1) is 17.0. The fraction of sp³-hybridized carbons (Fsp3) is 0.167. The molecule has 0 saturated carbocycles. The molecular formula is C24H16F3N2O7-. The third-order valence-electron chi connectivity index (χ3n) is 5.30. The molecule has 1 atom stereocenters. The van der Waals surface area contributed by atoms with Crippen LogP contribution >= 0.6 is 0 Å². The number of pyridine rings is 1. The summed E-state index contributed by atoms with van der Waals surface area (Å²) in [6.45, 7) is -0.370. The predicted octanol–water partition coefficient (Wildman–Crippen LogP) is 2.39. The number of fused-ring (bicyclic) bond motifs is 1. The standard InChI is InChI=1S/C24H17F3N2O7/c25-24(26,27)18-4-2-1-3-16(18)19-9-13-5-6-14(10-17(13)22(33)28-19)29-11-15(36-23(29)34)12-35-21(32)8-7-20(30)31/h1-10,15H,11-12H2,(H,28,33)(H,30,31)/p-1/b8-7-/t15-/m1/s1. The number of H-pyrrole nitrogens is 1. The highest BCUT2D eigenvalue weighted by atomic mass is 19.4. The summed E-state index contributed by atoms with van der Waals surface area (Å²) in [4.78, 5) is 50.5. The Kier molecular flexibility index (Phi) is 6.51. The van der Waals surface area contributed by atoms with E-state index in [4.69, 9.17) is 9.47 Å². The molecule has 0 aliphatic carbocycles. The smallest absolute Gasteiger partial charge is 0.417 e. The molecule has 12 heteroatoms. The number of amides is 1. The zero-order valence-electron chi connectivity index (χ0n) is 18.2. The number of carboxylic acids is 1. The largest absolute Gasteiger partial charge is 0.545 e. The summed E-state index contributed by atoms with van der Waals surface area (Å²) in [7, 11) is 0. The van der Waals surface area contributed by atoms with Crippen LogP contribution in [-0.2, 0) is 25.2 Å². The van der Waals surface area contributed by atoms with Gasteiger partial charge in [-0.1, -0.05) is 24.3 Å². The maximum absolute atomic E-state index is 13.4. The maximum atomic E-state index is 13.4. The molecule has 186 valence electrons. The lowest BCUT2D eigenvalue weighted by Crippen LogP contribution is -2.26. The Balaban J connectivity index is 1.56. The van der Waals surface area contributed by atoms with Crippen LogP contribution in [0.5, 0.6) is 0 Å². The number of carbonyl (C=O) groups is 3. The number of aromatic amines is 1. The van der Waals surface area contributed by atoms with Crippen molar-refractivity contribution in [3.8, 4) is 11.3 Å². The second-order valence-electron chi connectivity index (χ2n) is 7.73. The van der Waals surface area contributed by atoms with E-state index >= 15 is 0 Å². The molecule has 0 bridgehead atoms. The molecule has 36 heavy (non-hydrogen) atoms. The molecule has 9 nitrogen and oxygen atoms in total. The summed E-state index contributed by atoms with van der Waals surface area (Å²) in [6.07, 6.45) is -5.09. The molecule has 1 N–H and O–H groups in total. The number of rotatable bonds is 6. The summed E-state index contributed by atoms with van der Waals surface area (Å²) < 4.78 is 50.2. The quantitative estimate of drug-likeness (QED) is 0.406. The number of alkyl halides is 3. The van der Waals surface area contributed by atoms with Crippen molar-refractivity contribution in [2.24, 2.45) is 0 Å². The second-order valence-corrected chi connectivity index (χ2v) is 7.73. The van der Waals surface area contributed by atoms with Gasteiger partial charge in [-0.3, -0.25) is 9.69 Å². The van der Waals surface area contributed by atoms with Crippen LogP contribution < -0.4 is 15.6 Å². The van der Waals surface area contributed by atoms with Crippen molar-refractivity contribution in [3.63, 3.8) is 0 Å². The van der Waals surface area contributed by atoms with E-state index in [1.807, 2.05) is 0 Å². The first-order valence-electron chi connectivity index (χ1n) is 10.4. The first kappa shape index (κ1) is 24.5. The minimum absolute atomic E-state index is 0.0108. The molecule has 2 aromatic carbocycles. The lowest BCUT2D eigenvalue weighted by atomic mass is 10.0. The molecule has 1 amide bonds. The minimum Gasteiger partial charge on any atom is -0.545 e. The third kappa shape index (κ3) is 5.22. The van der Waals surface area contributed by atoms with Crippen molar-refractivity contribution < 1.29 is 42.1 Å². The minimum atomic E-state index is -4.61. The van der Waals surface area contributed by atoms with Crippen molar-refractivity contribution in [1.29, 1.82) is 0 Å². The van der Waals surface area contributed by atoms with Gasteiger partial charge in [0.1, 0.15) is 6.61 Å². The van der Waals surface area contributed by atoms with E-state index in [2.05, 4.69) is 4.98 Å². The number of aliphatic carboxylic acids is 1. The maximum Gasteiger partial charge on any atom is 0.417 e. The molecule has 1 aromatic heterocycles. The number of hydrogen-bond acceptors (Lipinski definition) is 7. The molecule has 0 radical (unpaired) electrons. The van der Waals surface area contributed by atoms with Gasteiger partial charge in [0.25, 0.3) is 5.56 Å². The molecular weight excluding hydrogens is 485 g/mol. The molecule has 1 aliphatic heterocycles. The lowest BCUT2D eigenvalue weighted by Gasteiger charge is -2.15. The Hall–Kier alpha value is -4.61. The molecule has 4 rings (SSSR count). The van der Waals surface area contributed by atoms with E-state index in [1.54, 1.807) is 0 Å². The number of ether oxygens (including phenoxy) is 2. The zero-order chi connectivity index (χ0) is 26.0.